The Hall–Kier alpha value is -0.570. The summed E-state index contributed by atoms with van der Waals surface area (Å²) in [5.74, 6) is 0. The average molecular weight is 230 g/mol. The molecular formula is C9H5Cl2NS. The van der Waals surface area contributed by atoms with Crippen LogP contribution in [0.5, 0.6) is 0 Å². The summed E-state index contributed by atoms with van der Waals surface area (Å²) >= 11 is 13.0. The summed E-state index contributed by atoms with van der Waals surface area (Å²) in [6.07, 6.45) is 1.75. The summed E-state index contributed by atoms with van der Waals surface area (Å²) in [6.45, 7) is 0. The molecule has 0 spiro atoms. The third-order valence-corrected chi connectivity index (χ3v) is 2.99. The fraction of sp³-hybridized carbons (Fsp3) is 0. The Bertz CT molecular complexity index is 425. The first-order valence-corrected chi connectivity index (χ1v) is 5.20. The van der Waals surface area contributed by atoms with Crippen LogP contribution >= 0.6 is 34.5 Å². The van der Waals surface area contributed by atoms with Crippen molar-refractivity contribution in [3.63, 3.8) is 0 Å². The molecule has 0 saturated heterocycles. The van der Waals surface area contributed by atoms with Gasteiger partial charge in [0.25, 0.3) is 0 Å². The minimum Gasteiger partial charge on any atom is -0.233 e. The lowest BCUT2D eigenvalue weighted by Crippen LogP contribution is -1.70. The highest BCUT2D eigenvalue weighted by molar-refractivity contribution is 7.18. The zero-order valence-corrected chi connectivity index (χ0v) is 8.83. The Kier molecular flexibility index (Phi) is 2.54. The first-order chi connectivity index (χ1) is 6.25. The second-order valence-electron chi connectivity index (χ2n) is 2.49. The van der Waals surface area contributed by atoms with E-state index in [1.54, 1.807) is 6.20 Å². The van der Waals surface area contributed by atoms with E-state index in [-0.39, 0.29) is 0 Å². The van der Waals surface area contributed by atoms with Gasteiger partial charge in [0.15, 0.2) is 4.47 Å². The van der Waals surface area contributed by atoms with Crippen LogP contribution in [0.4, 0.5) is 0 Å². The predicted molar refractivity (Wildman–Crippen MR) is 57.6 cm³/mol. The number of aromatic nitrogens is 1. The molecule has 0 aliphatic carbocycles. The molecule has 66 valence electrons. The third kappa shape index (κ3) is 2.02. The van der Waals surface area contributed by atoms with Gasteiger partial charge in [-0.2, -0.15) is 0 Å². The smallest absolute Gasteiger partial charge is 0.184 e. The molecule has 0 amide bonds. The Balaban J connectivity index is 2.46. The Morgan fingerprint density at radius 3 is 2.69 bits per heavy atom. The van der Waals surface area contributed by atoms with E-state index in [1.807, 2.05) is 24.3 Å². The third-order valence-electron chi connectivity index (χ3n) is 1.59. The van der Waals surface area contributed by atoms with E-state index in [4.69, 9.17) is 23.2 Å². The normalized spacial score (nSPS) is 10.3. The molecule has 0 bridgehead atoms. The molecule has 1 heterocycles. The van der Waals surface area contributed by atoms with Gasteiger partial charge in [-0.25, -0.2) is 4.98 Å². The summed E-state index contributed by atoms with van der Waals surface area (Å²) in [5, 5.41) is 0.724. The van der Waals surface area contributed by atoms with Crippen molar-refractivity contribution in [3.05, 3.63) is 40.0 Å². The summed E-state index contributed by atoms with van der Waals surface area (Å²) in [7, 11) is 0. The lowest BCUT2D eigenvalue weighted by Gasteiger charge is -1.95. The van der Waals surface area contributed by atoms with Gasteiger partial charge in [0, 0.05) is 11.2 Å². The van der Waals surface area contributed by atoms with Crippen LogP contribution in [0.1, 0.15) is 0 Å². The molecule has 13 heavy (non-hydrogen) atoms. The fourth-order valence-electron chi connectivity index (χ4n) is 1.03. The highest BCUT2D eigenvalue weighted by Gasteiger charge is 2.02. The first kappa shape index (κ1) is 9.00. The summed E-state index contributed by atoms with van der Waals surface area (Å²) in [5.41, 5.74) is 1.05. The van der Waals surface area contributed by atoms with E-state index in [9.17, 15) is 0 Å². The summed E-state index contributed by atoms with van der Waals surface area (Å²) in [6, 6.07) is 7.63. The fourth-order valence-corrected chi connectivity index (χ4v) is 2.15. The van der Waals surface area contributed by atoms with Crippen molar-refractivity contribution in [1.29, 1.82) is 0 Å². The Morgan fingerprint density at radius 2 is 2.08 bits per heavy atom. The van der Waals surface area contributed by atoms with Crippen LogP contribution in [0.2, 0.25) is 9.49 Å². The van der Waals surface area contributed by atoms with Crippen LogP contribution in [0.15, 0.2) is 30.5 Å². The molecular weight excluding hydrogens is 225 g/mol. The topological polar surface area (TPSA) is 12.9 Å². The molecule has 1 aromatic carbocycles. The van der Waals surface area contributed by atoms with E-state index in [0.29, 0.717) is 4.47 Å². The predicted octanol–water partition coefficient (Wildman–Crippen LogP) is 4.12. The highest BCUT2D eigenvalue weighted by Crippen LogP contribution is 2.29. The first-order valence-electron chi connectivity index (χ1n) is 3.63. The van der Waals surface area contributed by atoms with Crippen LogP contribution in [0.25, 0.3) is 10.4 Å². The van der Waals surface area contributed by atoms with Crippen molar-refractivity contribution in [2.45, 2.75) is 0 Å². The van der Waals surface area contributed by atoms with Crippen molar-refractivity contribution >= 4 is 34.5 Å². The van der Waals surface area contributed by atoms with Gasteiger partial charge in [0.2, 0.25) is 0 Å². The number of halogens is 2. The van der Waals surface area contributed by atoms with Gasteiger partial charge in [-0.05, 0) is 17.7 Å². The Labute approximate surface area is 90.0 Å². The van der Waals surface area contributed by atoms with E-state index < -0.39 is 0 Å². The number of rotatable bonds is 1. The zero-order chi connectivity index (χ0) is 9.26. The number of hydrogen-bond donors (Lipinski definition) is 0. The average Bonchev–Trinajstić information content (AvgIpc) is 2.52. The van der Waals surface area contributed by atoms with E-state index >= 15 is 0 Å². The zero-order valence-electron chi connectivity index (χ0n) is 6.50. The van der Waals surface area contributed by atoms with Gasteiger partial charge in [-0.15, -0.1) is 11.3 Å². The molecule has 0 aliphatic heterocycles. The SMILES string of the molecule is Clc1cccc(-c2cnc(Cl)s2)c1. The van der Waals surface area contributed by atoms with Gasteiger partial charge < -0.3 is 0 Å². The minimum atomic E-state index is 0.551. The number of thiazole rings is 1. The number of benzene rings is 1. The van der Waals surface area contributed by atoms with Crippen molar-refractivity contribution in [1.82, 2.24) is 4.98 Å². The standard InChI is InChI=1S/C9H5Cl2NS/c10-7-3-1-2-6(4-7)8-5-12-9(11)13-8/h1-5H. The lowest BCUT2D eigenvalue weighted by molar-refractivity contribution is 1.42. The van der Waals surface area contributed by atoms with Crippen LogP contribution < -0.4 is 0 Å². The van der Waals surface area contributed by atoms with Gasteiger partial charge >= 0.3 is 0 Å². The number of hydrogen-bond acceptors (Lipinski definition) is 2. The molecule has 0 atom stereocenters. The van der Waals surface area contributed by atoms with Crippen LogP contribution in [-0.2, 0) is 0 Å². The van der Waals surface area contributed by atoms with E-state index in [2.05, 4.69) is 4.98 Å². The molecule has 2 aromatic rings. The van der Waals surface area contributed by atoms with Crippen LogP contribution in [0, 0.1) is 0 Å². The second-order valence-corrected chi connectivity index (χ2v) is 4.54. The van der Waals surface area contributed by atoms with Gasteiger partial charge in [0.05, 0.1) is 4.88 Å². The largest absolute Gasteiger partial charge is 0.233 e. The second kappa shape index (κ2) is 3.66. The maximum atomic E-state index is 5.85. The minimum absolute atomic E-state index is 0.551. The maximum absolute atomic E-state index is 5.85. The van der Waals surface area contributed by atoms with Crippen molar-refractivity contribution in [3.8, 4) is 10.4 Å². The molecule has 1 nitrogen and oxygen atoms in total. The molecule has 1 aromatic heterocycles. The lowest BCUT2D eigenvalue weighted by atomic mass is 10.2. The number of nitrogens with zero attached hydrogens (tertiary/aromatic N) is 1. The van der Waals surface area contributed by atoms with Gasteiger partial charge in [0.1, 0.15) is 0 Å². The molecule has 0 aliphatic rings. The van der Waals surface area contributed by atoms with Crippen LogP contribution in [-0.4, -0.2) is 4.98 Å². The van der Waals surface area contributed by atoms with E-state index in [0.717, 1.165) is 15.5 Å². The molecule has 0 radical (unpaired) electrons. The molecule has 2 rings (SSSR count). The van der Waals surface area contributed by atoms with Crippen molar-refractivity contribution in [2.24, 2.45) is 0 Å². The van der Waals surface area contributed by atoms with E-state index in [1.165, 1.54) is 11.3 Å². The molecule has 0 fully saturated rings. The summed E-state index contributed by atoms with van der Waals surface area (Å²) < 4.78 is 0.551. The molecule has 0 N–H and O–H groups in total. The quantitative estimate of drug-likeness (QED) is 0.718. The van der Waals surface area contributed by atoms with Gasteiger partial charge in [-0.3, -0.25) is 0 Å². The van der Waals surface area contributed by atoms with Crippen LogP contribution in [0.3, 0.4) is 0 Å². The molecule has 0 saturated carbocycles. The summed E-state index contributed by atoms with van der Waals surface area (Å²) in [4.78, 5) is 5.00. The van der Waals surface area contributed by atoms with Crippen molar-refractivity contribution < 1.29 is 0 Å². The molecule has 4 heteroatoms. The monoisotopic (exact) mass is 229 g/mol. The Morgan fingerprint density at radius 1 is 1.23 bits per heavy atom. The highest BCUT2D eigenvalue weighted by atomic mass is 35.5. The van der Waals surface area contributed by atoms with Gasteiger partial charge in [-0.1, -0.05) is 35.3 Å². The maximum Gasteiger partial charge on any atom is 0.184 e. The molecule has 0 unspecified atom stereocenters. The van der Waals surface area contributed by atoms with Crippen molar-refractivity contribution in [2.75, 3.05) is 0 Å².